The predicted molar refractivity (Wildman–Crippen MR) is 90.6 cm³/mol. The fraction of sp³-hybridized carbons (Fsp3) is 0.111. The largest absolute Gasteiger partial charge is 0.344 e. The Labute approximate surface area is 139 Å². The molecule has 0 spiro atoms. The van der Waals surface area contributed by atoms with Crippen LogP contribution in [0.15, 0.2) is 73.6 Å². The van der Waals surface area contributed by atoms with Gasteiger partial charge in [-0.15, -0.1) is 0 Å². The van der Waals surface area contributed by atoms with Crippen molar-refractivity contribution < 1.29 is 4.79 Å². The highest BCUT2D eigenvalue weighted by atomic mass is 16.1. The third-order valence-electron chi connectivity index (χ3n) is 3.49. The number of carbonyl (C=O) groups is 1. The molecule has 0 saturated carbocycles. The number of hydrogen-bond acceptors (Lipinski definition) is 4. The highest BCUT2D eigenvalue weighted by molar-refractivity contribution is 5.91. The van der Waals surface area contributed by atoms with Gasteiger partial charge in [-0.2, -0.15) is 5.10 Å². The molecule has 2 heterocycles. The maximum atomic E-state index is 12.3. The van der Waals surface area contributed by atoms with E-state index in [0.717, 1.165) is 11.1 Å². The van der Waals surface area contributed by atoms with Crippen molar-refractivity contribution in [2.24, 2.45) is 0 Å². The molecule has 2 aromatic heterocycles. The number of nitrogens with one attached hydrogen (secondary N) is 1. The molecule has 1 N–H and O–H groups in total. The van der Waals surface area contributed by atoms with Crippen LogP contribution in [0.25, 0.3) is 6.08 Å². The van der Waals surface area contributed by atoms with Gasteiger partial charge in [-0.1, -0.05) is 30.3 Å². The molecule has 1 atom stereocenters. The van der Waals surface area contributed by atoms with Crippen LogP contribution < -0.4 is 5.32 Å². The van der Waals surface area contributed by atoms with E-state index in [1.54, 1.807) is 29.5 Å². The standard InChI is InChI=1S/C18H17N5O/c24-18(7-6-15-8-10-19-11-9-15)22-17(12-23-14-20-13-21-23)16-4-2-1-3-5-16/h1-11,13-14,17H,12H2,(H,22,24)/b7-6-/t17-/m1/s1. The molecule has 0 aliphatic rings. The number of pyridine rings is 1. The van der Waals surface area contributed by atoms with Gasteiger partial charge in [-0.3, -0.25) is 14.5 Å². The first-order chi connectivity index (χ1) is 11.8. The molecule has 0 saturated heterocycles. The van der Waals surface area contributed by atoms with Crippen molar-refractivity contribution in [3.63, 3.8) is 0 Å². The molecule has 120 valence electrons. The van der Waals surface area contributed by atoms with Gasteiger partial charge in [0.1, 0.15) is 12.7 Å². The van der Waals surface area contributed by atoms with Crippen molar-refractivity contribution in [1.82, 2.24) is 25.1 Å². The van der Waals surface area contributed by atoms with Crippen LogP contribution in [-0.2, 0) is 11.3 Å². The number of nitrogens with zero attached hydrogens (tertiary/aromatic N) is 4. The Bertz CT molecular complexity index is 785. The molecule has 0 aliphatic heterocycles. The summed E-state index contributed by atoms with van der Waals surface area (Å²) in [5.41, 5.74) is 1.94. The Balaban J connectivity index is 1.71. The van der Waals surface area contributed by atoms with E-state index in [0.29, 0.717) is 6.54 Å². The zero-order valence-electron chi connectivity index (χ0n) is 13.0. The van der Waals surface area contributed by atoms with Crippen LogP contribution in [0.5, 0.6) is 0 Å². The molecule has 0 radical (unpaired) electrons. The zero-order chi connectivity index (χ0) is 16.6. The molecule has 0 aliphatic carbocycles. The summed E-state index contributed by atoms with van der Waals surface area (Å²) in [5, 5.41) is 7.12. The van der Waals surface area contributed by atoms with Gasteiger partial charge in [0.2, 0.25) is 5.91 Å². The molecule has 6 nitrogen and oxygen atoms in total. The lowest BCUT2D eigenvalue weighted by molar-refractivity contribution is -0.117. The van der Waals surface area contributed by atoms with Crippen molar-refractivity contribution in [3.8, 4) is 0 Å². The predicted octanol–water partition coefficient (Wildman–Crippen LogP) is 2.24. The van der Waals surface area contributed by atoms with Crippen molar-refractivity contribution in [3.05, 3.63) is 84.7 Å². The van der Waals surface area contributed by atoms with Gasteiger partial charge in [0.25, 0.3) is 0 Å². The minimum absolute atomic E-state index is 0.166. The molecule has 24 heavy (non-hydrogen) atoms. The fourth-order valence-electron chi connectivity index (χ4n) is 2.30. The van der Waals surface area contributed by atoms with Crippen molar-refractivity contribution in [2.75, 3.05) is 0 Å². The second kappa shape index (κ2) is 7.82. The lowest BCUT2D eigenvalue weighted by Crippen LogP contribution is -2.30. The van der Waals surface area contributed by atoms with Crippen LogP contribution in [0.4, 0.5) is 0 Å². The zero-order valence-corrected chi connectivity index (χ0v) is 13.0. The minimum atomic E-state index is -0.192. The molecular formula is C18H17N5O. The van der Waals surface area contributed by atoms with Crippen LogP contribution in [0.3, 0.4) is 0 Å². The summed E-state index contributed by atoms with van der Waals surface area (Å²) in [6.45, 7) is 0.513. The molecular weight excluding hydrogens is 302 g/mol. The molecule has 3 rings (SSSR count). The number of amides is 1. The van der Waals surface area contributed by atoms with Gasteiger partial charge in [0, 0.05) is 18.5 Å². The van der Waals surface area contributed by atoms with Gasteiger partial charge >= 0.3 is 0 Å². The van der Waals surface area contributed by atoms with E-state index < -0.39 is 0 Å². The van der Waals surface area contributed by atoms with Gasteiger partial charge in [0.05, 0.1) is 12.6 Å². The van der Waals surface area contributed by atoms with Crippen molar-refractivity contribution in [2.45, 2.75) is 12.6 Å². The average Bonchev–Trinajstić information content (AvgIpc) is 3.14. The number of benzene rings is 1. The third kappa shape index (κ3) is 4.36. The van der Waals surface area contributed by atoms with E-state index in [4.69, 9.17) is 0 Å². The Hall–Kier alpha value is -3.28. The molecule has 1 amide bonds. The molecule has 6 heteroatoms. The Morgan fingerprint density at radius 1 is 1.12 bits per heavy atom. The highest BCUT2D eigenvalue weighted by Gasteiger charge is 2.14. The summed E-state index contributed by atoms with van der Waals surface area (Å²) < 4.78 is 1.70. The van der Waals surface area contributed by atoms with E-state index in [9.17, 15) is 4.79 Å². The summed E-state index contributed by atoms with van der Waals surface area (Å²) in [6.07, 6.45) is 9.77. The number of aromatic nitrogens is 4. The first-order valence-corrected chi connectivity index (χ1v) is 7.57. The maximum Gasteiger partial charge on any atom is 0.244 e. The topological polar surface area (TPSA) is 72.7 Å². The lowest BCUT2D eigenvalue weighted by atomic mass is 10.1. The number of carbonyl (C=O) groups excluding carboxylic acids is 1. The number of hydrogen-bond donors (Lipinski definition) is 1. The normalized spacial score (nSPS) is 12.2. The van der Waals surface area contributed by atoms with E-state index in [-0.39, 0.29) is 11.9 Å². The fourth-order valence-corrected chi connectivity index (χ4v) is 2.30. The average molecular weight is 319 g/mol. The monoisotopic (exact) mass is 319 g/mol. The summed E-state index contributed by atoms with van der Waals surface area (Å²) >= 11 is 0. The summed E-state index contributed by atoms with van der Waals surface area (Å²) in [5.74, 6) is -0.166. The van der Waals surface area contributed by atoms with E-state index in [1.165, 1.54) is 12.4 Å². The number of rotatable bonds is 6. The van der Waals surface area contributed by atoms with Crippen LogP contribution in [-0.4, -0.2) is 25.7 Å². The minimum Gasteiger partial charge on any atom is -0.344 e. The third-order valence-corrected chi connectivity index (χ3v) is 3.49. The Morgan fingerprint density at radius 3 is 2.62 bits per heavy atom. The van der Waals surface area contributed by atoms with Crippen molar-refractivity contribution in [1.29, 1.82) is 0 Å². The summed E-state index contributed by atoms with van der Waals surface area (Å²) in [7, 11) is 0. The Morgan fingerprint density at radius 2 is 1.92 bits per heavy atom. The Kier molecular flexibility index (Phi) is 5.09. The smallest absolute Gasteiger partial charge is 0.244 e. The highest BCUT2D eigenvalue weighted by Crippen LogP contribution is 2.14. The second-order valence-electron chi connectivity index (χ2n) is 5.20. The SMILES string of the molecule is O=C(/C=C\c1ccncc1)N[C@H](Cn1cncn1)c1ccccc1. The van der Waals surface area contributed by atoms with E-state index in [2.05, 4.69) is 20.4 Å². The molecule has 0 fully saturated rings. The summed E-state index contributed by atoms with van der Waals surface area (Å²) in [6, 6.07) is 13.3. The quantitative estimate of drug-likeness (QED) is 0.707. The summed E-state index contributed by atoms with van der Waals surface area (Å²) in [4.78, 5) is 20.2. The van der Waals surface area contributed by atoms with Crippen LogP contribution in [0.1, 0.15) is 17.2 Å². The van der Waals surface area contributed by atoms with Gasteiger partial charge < -0.3 is 5.32 Å². The lowest BCUT2D eigenvalue weighted by Gasteiger charge is -2.18. The first kappa shape index (κ1) is 15.6. The van der Waals surface area contributed by atoms with E-state index in [1.807, 2.05) is 42.5 Å². The van der Waals surface area contributed by atoms with Crippen molar-refractivity contribution >= 4 is 12.0 Å². The van der Waals surface area contributed by atoms with E-state index >= 15 is 0 Å². The van der Waals surface area contributed by atoms with Gasteiger partial charge in [-0.05, 0) is 29.3 Å². The van der Waals surface area contributed by atoms with Gasteiger partial charge in [-0.25, -0.2) is 4.98 Å². The van der Waals surface area contributed by atoms with Crippen LogP contribution in [0.2, 0.25) is 0 Å². The molecule has 0 bridgehead atoms. The second-order valence-corrected chi connectivity index (χ2v) is 5.20. The first-order valence-electron chi connectivity index (χ1n) is 7.57. The van der Waals surface area contributed by atoms with Gasteiger partial charge in [0.15, 0.2) is 0 Å². The molecule has 0 unspecified atom stereocenters. The maximum absolute atomic E-state index is 12.3. The molecule has 1 aromatic carbocycles. The molecule has 3 aromatic rings. The van der Waals surface area contributed by atoms with Crippen LogP contribution in [0, 0.1) is 0 Å². The van der Waals surface area contributed by atoms with Crippen LogP contribution >= 0.6 is 0 Å².